The third kappa shape index (κ3) is 14.6. The number of aliphatic hydroxyl groups excluding tert-OH is 20. The third-order valence-corrected chi connectivity index (χ3v) is 27.3. The quantitative estimate of drug-likeness (QED) is 0.0345. The minimum Gasteiger partial charge on any atom is -0.432 e. The van der Waals surface area contributed by atoms with Crippen LogP contribution in [0.15, 0.2) is 11.6 Å². The summed E-state index contributed by atoms with van der Waals surface area (Å²) in [6, 6.07) is 0. The fraction of sp³-hybridized carbons (Fsp3) is 0.958. The molecule has 5 aliphatic carbocycles. The Kier molecular flexibility index (Phi) is 24.8. The van der Waals surface area contributed by atoms with Crippen LogP contribution in [0.5, 0.6) is 0 Å². The Labute approximate surface area is 613 Å². The summed E-state index contributed by atoms with van der Waals surface area (Å²) >= 11 is 0. The van der Waals surface area contributed by atoms with Crippen LogP contribution in [0.2, 0.25) is 0 Å². The van der Waals surface area contributed by atoms with E-state index in [9.17, 15) is 102 Å². The predicted molar refractivity (Wildman–Crippen MR) is 352 cm³/mol. The molecule has 0 aromatic heterocycles. The zero-order valence-corrected chi connectivity index (χ0v) is 61.2. The Balaban J connectivity index is 0.706. The highest BCUT2D eigenvalue weighted by Gasteiger charge is 2.71. The topological polar surface area (TPSA) is 551 Å². The fourth-order valence-electron chi connectivity index (χ4n) is 20.4. The van der Waals surface area contributed by atoms with E-state index in [1.165, 1.54) is 13.8 Å². The van der Waals surface area contributed by atoms with E-state index >= 15 is 4.79 Å². The molecule has 0 radical (unpaired) electrons. The normalized spacial score (nSPS) is 54.6. The molecule has 0 amide bonds. The second kappa shape index (κ2) is 31.6. The zero-order chi connectivity index (χ0) is 77.3. The molecule has 11 fully saturated rings. The first-order chi connectivity index (χ1) is 49.7. The van der Waals surface area contributed by atoms with Crippen molar-refractivity contribution < 1.29 is 173 Å². The van der Waals surface area contributed by atoms with E-state index in [1.54, 1.807) is 0 Å². The van der Waals surface area contributed by atoms with Crippen molar-refractivity contribution in [2.45, 2.75) is 341 Å². The number of carbonyl (C=O) groups is 1. The maximum atomic E-state index is 15.4. The van der Waals surface area contributed by atoms with Gasteiger partial charge in [0.1, 0.15) is 153 Å². The summed E-state index contributed by atoms with van der Waals surface area (Å²) < 4.78 is 83.7. The van der Waals surface area contributed by atoms with Crippen LogP contribution < -0.4 is 0 Å². The Morgan fingerprint density at radius 1 is 0.443 bits per heavy atom. The van der Waals surface area contributed by atoms with Gasteiger partial charge >= 0.3 is 5.97 Å². The first-order valence-corrected chi connectivity index (χ1v) is 37.5. The van der Waals surface area contributed by atoms with Crippen LogP contribution in [0, 0.1) is 50.2 Å². The average Bonchev–Trinajstić information content (AvgIpc) is 0.674. The molecule has 7 heterocycles. The van der Waals surface area contributed by atoms with Crippen molar-refractivity contribution in [3.05, 3.63) is 11.6 Å². The van der Waals surface area contributed by atoms with Gasteiger partial charge in [0, 0.05) is 0 Å². The molecule has 42 atom stereocenters. The van der Waals surface area contributed by atoms with E-state index in [-0.39, 0.29) is 40.6 Å². The molecule has 12 rings (SSSR count). The van der Waals surface area contributed by atoms with Gasteiger partial charge in [-0.2, -0.15) is 0 Å². The minimum atomic E-state index is -2.01. The number of hydrogen-bond donors (Lipinski definition) is 20. The molecule has 0 spiro atoms. The number of fused-ring (bicyclic) bond motifs is 7. The molecule has 12 aliphatic rings. The Morgan fingerprint density at radius 2 is 0.943 bits per heavy atom. The lowest BCUT2D eigenvalue weighted by molar-refractivity contribution is -0.392. The van der Waals surface area contributed by atoms with E-state index < -0.39 is 264 Å². The number of ether oxygens (including phenoxy) is 14. The number of esters is 1. The standard InChI is InChI=1S/C71H116O35/c1-26-38(76)44(82)49(87)59(95-26)104-57-47(85)42(80)32(22-73)98-64(57)105-56-40(78)30(75)24-93-63(56)101-37-13-14-68(7)35(67(37,5)6)12-15-70(9)36(68)11-10-28-29-20-66(3,4)16-18-71(29,19-17-69(28,70)8)65(92)106-61-51(89)46(84)43(81)34(100-61)25-94-58-52(90)48(86)54(33(23-74)99-58)102-62-53(91)55(39(77)27(2)96-62)103-60-50(88)45(83)41(79)31(21-72)97-60/h10,26-27,29-64,72-91H,11-25H2,1-9H3/t26-,27-,29-,30-,31+,32+,33+,34+,35-,36+,37-,38-,39-,40-,41+,42+,43+,44+,45-,46-,47-,48+,49+,50+,51+,52+,53+,54+,55+,56+,57+,58+,59-,60-,61-,62-,63-,64-,68-,69+,70+,71-/m0/s1. The molecular formula is C71H116O35. The van der Waals surface area contributed by atoms with Gasteiger partial charge in [0.15, 0.2) is 37.7 Å². The summed E-state index contributed by atoms with van der Waals surface area (Å²) in [4.78, 5) is 15.4. The fourth-order valence-corrected chi connectivity index (χ4v) is 20.4. The van der Waals surface area contributed by atoms with Gasteiger partial charge in [-0.05, 0) is 123 Å². The Bertz CT molecular complexity index is 3010. The molecule has 0 bridgehead atoms. The second-order valence-electron chi connectivity index (χ2n) is 34.3. The maximum Gasteiger partial charge on any atom is 0.315 e. The summed E-state index contributed by atoms with van der Waals surface area (Å²) in [5.74, 6) is -0.809. The van der Waals surface area contributed by atoms with Crippen LogP contribution in [-0.2, 0) is 71.1 Å². The van der Waals surface area contributed by atoms with Crippen LogP contribution in [0.3, 0.4) is 0 Å². The first kappa shape index (κ1) is 83.3. The summed E-state index contributed by atoms with van der Waals surface area (Å²) in [5.41, 5.74) is -1.78. The van der Waals surface area contributed by atoms with Gasteiger partial charge in [-0.3, -0.25) is 4.79 Å². The molecule has 7 aliphatic heterocycles. The number of hydrogen-bond acceptors (Lipinski definition) is 35. The monoisotopic (exact) mass is 1530 g/mol. The van der Waals surface area contributed by atoms with E-state index in [4.69, 9.17) is 66.3 Å². The zero-order valence-electron chi connectivity index (χ0n) is 61.2. The van der Waals surface area contributed by atoms with Crippen LogP contribution in [0.4, 0.5) is 0 Å². The molecule has 20 N–H and O–H groups in total. The predicted octanol–water partition coefficient (Wildman–Crippen LogP) is -5.87. The summed E-state index contributed by atoms with van der Waals surface area (Å²) in [5, 5.41) is 218. The third-order valence-electron chi connectivity index (χ3n) is 27.3. The average molecular weight is 1530 g/mol. The summed E-state index contributed by atoms with van der Waals surface area (Å²) in [7, 11) is 0. The van der Waals surface area contributed by atoms with Crippen LogP contribution in [-0.4, -0.2) is 356 Å². The van der Waals surface area contributed by atoms with Gasteiger partial charge in [0.25, 0.3) is 0 Å². The van der Waals surface area contributed by atoms with Crippen molar-refractivity contribution in [3.63, 3.8) is 0 Å². The van der Waals surface area contributed by atoms with E-state index in [2.05, 4.69) is 54.5 Å². The summed E-state index contributed by atoms with van der Waals surface area (Å²) in [6.07, 6.45) is -49.8. The van der Waals surface area contributed by atoms with Crippen molar-refractivity contribution in [2.24, 2.45) is 50.2 Å². The lowest BCUT2D eigenvalue weighted by Gasteiger charge is -2.71. The summed E-state index contributed by atoms with van der Waals surface area (Å²) in [6.45, 7) is 14.9. The molecule has 0 aromatic rings. The molecule has 610 valence electrons. The smallest absolute Gasteiger partial charge is 0.315 e. The number of aliphatic hydroxyl groups is 20. The van der Waals surface area contributed by atoms with Gasteiger partial charge < -0.3 is 168 Å². The highest BCUT2D eigenvalue weighted by Crippen LogP contribution is 2.76. The minimum absolute atomic E-state index is 0.0527. The van der Waals surface area contributed by atoms with Crippen molar-refractivity contribution in [1.29, 1.82) is 0 Å². The van der Waals surface area contributed by atoms with E-state index in [1.807, 2.05) is 0 Å². The molecule has 106 heavy (non-hydrogen) atoms. The van der Waals surface area contributed by atoms with Crippen LogP contribution in [0.1, 0.15) is 127 Å². The molecule has 7 saturated heterocycles. The molecule has 0 aromatic carbocycles. The molecule has 35 heteroatoms. The van der Waals surface area contributed by atoms with Crippen molar-refractivity contribution in [1.82, 2.24) is 0 Å². The van der Waals surface area contributed by atoms with Crippen LogP contribution in [0.25, 0.3) is 0 Å². The number of allylic oxidation sites excluding steroid dienone is 2. The largest absolute Gasteiger partial charge is 0.432 e. The van der Waals surface area contributed by atoms with Gasteiger partial charge in [0.05, 0.1) is 56.8 Å². The van der Waals surface area contributed by atoms with Gasteiger partial charge in [-0.15, -0.1) is 0 Å². The highest BCUT2D eigenvalue weighted by molar-refractivity contribution is 5.79. The molecule has 35 nitrogen and oxygen atoms in total. The lowest BCUT2D eigenvalue weighted by atomic mass is 9.33. The molecule has 4 saturated carbocycles. The Morgan fingerprint density at radius 3 is 1.59 bits per heavy atom. The number of carbonyl (C=O) groups excluding carboxylic acids is 1. The van der Waals surface area contributed by atoms with Gasteiger partial charge in [-0.1, -0.05) is 60.1 Å². The van der Waals surface area contributed by atoms with Crippen LogP contribution >= 0.6 is 0 Å². The van der Waals surface area contributed by atoms with Crippen molar-refractivity contribution >= 4 is 5.97 Å². The highest BCUT2D eigenvalue weighted by atomic mass is 16.8. The molecular weight excluding hydrogens is 1410 g/mol. The SMILES string of the molecule is C[C@@H]1O[C@@H](O[C@H]2[C@H](O[C@H]3[C@H](O[C@H]4CC[C@]5(C)[C@H]6CC=C7[C@@H]8CC(C)(C)CC[C@]8(C(=O)O[C@@H]8O[C@H](CO[C@@H]9O[C@H](CO)[C@@H](O[C@@H]%10O[C@@H](C)[C@H](O)[C@@H](O[C@@H]%11O[C@H](CO)[C@@H](O)[C@H](O)[C@H]%11O)[C@H]%10O)[C@H](O)[C@H]9O)[C@@H](O)[C@H](O)[C@H]8O)CC[C@@]7(C)[C@]6(C)CC[C@H]5C4(C)C)OC[C@H](O)[C@@H]3O)O[C@H](CO)[C@@H](O)[C@@H]2O)[C@H](O)[C@H](O)[C@H]1O. The lowest BCUT2D eigenvalue weighted by Crippen LogP contribution is -2.67. The molecule has 0 unspecified atom stereocenters. The van der Waals surface area contributed by atoms with Crippen molar-refractivity contribution in [2.75, 3.05) is 33.0 Å². The van der Waals surface area contributed by atoms with Gasteiger partial charge in [0.2, 0.25) is 6.29 Å². The van der Waals surface area contributed by atoms with Crippen molar-refractivity contribution in [3.8, 4) is 0 Å². The maximum absolute atomic E-state index is 15.4. The first-order valence-electron chi connectivity index (χ1n) is 37.5. The van der Waals surface area contributed by atoms with Gasteiger partial charge in [-0.25, -0.2) is 0 Å². The van der Waals surface area contributed by atoms with E-state index in [0.29, 0.717) is 51.4 Å². The van der Waals surface area contributed by atoms with E-state index in [0.717, 1.165) is 18.4 Å². The number of rotatable bonds is 18. The Hall–Kier alpha value is -2.11. The second-order valence-corrected chi connectivity index (χ2v) is 34.3.